The minimum Gasteiger partial charge on any atom is -0.345 e. The highest BCUT2D eigenvalue weighted by Gasteiger charge is 2.23. The van der Waals surface area contributed by atoms with Gasteiger partial charge in [0, 0.05) is 25.3 Å². The number of urea groups is 1. The van der Waals surface area contributed by atoms with E-state index in [2.05, 4.69) is 25.6 Å². The van der Waals surface area contributed by atoms with Crippen molar-refractivity contribution in [2.24, 2.45) is 0 Å². The van der Waals surface area contributed by atoms with Gasteiger partial charge in [0.25, 0.3) is 0 Å². The number of carbonyl (C=O) groups is 1. The number of hydrogen-bond acceptors (Lipinski definition) is 5. The molecule has 0 aliphatic carbocycles. The maximum atomic E-state index is 12.1. The van der Waals surface area contributed by atoms with Crippen molar-refractivity contribution in [2.45, 2.75) is 25.3 Å². The molecule has 10 heteroatoms. The van der Waals surface area contributed by atoms with Crippen molar-refractivity contribution in [1.29, 1.82) is 0 Å². The fraction of sp³-hybridized carbons (Fsp3) is 0.500. The summed E-state index contributed by atoms with van der Waals surface area (Å²) in [6.45, 7) is 0.910. The largest absolute Gasteiger partial charge is 0.345 e. The molecule has 3 heterocycles. The molecule has 0 radical (unpaired) electrons. The SMILES string of the molecule is CS(=O)(=O)N1CCCC(NC(=O)Nc2cnc3[nH]ccc3n2)CC1. The van der Waals surface area contributed by atoms with E-state index in [9.17, 15) is 13.2 Å². The molecule has 3 N–H and O–H groups in total. The highest BCUT2D eigenvalue weighted by molar-refractivity contribution is 7.88. The Morgan fingerprint density at radius 1 is 1.38 bits per heavy atom. The zero-order valence-electron chi connectivity index (χ0n) is 13.3. The molecular weight excluding hydrogens is 332 g/mol. The fourth-order valence-electron chi connectivity index (χ4n) is 2.77. The second-order valence-electron chi connectivity index (χ2n) is 5.86. The zero-order valence-corrected chi connectivity index (χ0v) is 14.1. The van der Waals surface area contributed by atoms with Crippen LogP contribution in [0.3, 0.4) is 0 Å². The molecular formula is C14H20N6O3S. The molecule has 1 aliphatic heterocycles. The van der Waals surface area contributed by atoms with E-state index in [1.165, 1.54) is 16.8 Å². The van der Waals surface area contributed by atoms with Crippen LogP contribution in [0.4, 0.5) is 10.6 Å². The number of H-pyrrole nitrogens is 1. The van der Waals surface area contributed by atoms with Crippen LogP contribution in [0.2, 0.25) is 0 Å². The van der Waals surface area contributed by atoms with Gasteiger partial charge in [-0.25, -0.2) is 27.5 Å². The van der Waals surface area contributed by atoms with E-state index in [-0.39, 0.29) is 12.1 Å². The fourth-order valence-corrected chi connectivity index (χ4v) is 3.67. The summed E-state index contributed by atoms with van der Waals surface area (Å²) in [5.74, 6) is 0.367. The van der Waals surface area contributed by atoms with Gasteiger partial charge in [-0.15, -0.1) is 0 Å². The minimum atomic E-state index is -3.18. The molecule has 9 nitrogen and oxygen atoms in total. The normalized spacial score (nSPS) is 19.8. The van der Waals surface area contributed by atoms with Gasteiger partial charge in [0.05, 0.1) is 12.5 Å². The molecule has 1 saturated heterocycles. The second kappa shape index (κ2) is 6.73. The number of nitrogens with zero attached hydrogens (tertiary/aromatic N) is 3. The average molecular weight is 352 g/mol. The molecule has 0 bridgehead atoms. The van der Waals surface area contributed by atoms with Gasteiger partial charge >= 0.3 is 6.03 Å². The van der Waals surface area contributed by atoms with Gasteiger partial charge in [0.15, 0.2) is 11.5 Å². The van der Waals surface area contributed by atoms with Crippen molar-refractivity contribution in [1.82, 2.24) is 24.6 Å². The van der Waals surface area contributed by atoms with Crippen LogP contribution in [0.1, 0.15) is 19.3 Å². The molecule has 24 heavy (non-hydrogen) atoms. The molecule has 1 aliphatic rings. The smallest absolute Gasteiger partial charge is 0.320 e. The average Bonchev–Trinajstić information content (AvgIpc) is 2.83. The Hall–Kier alpha value is -2.20. The lowest BCUT2D eigenvalue weighted by Gasteiger charge is -2.18. The Morgan fingerprint density at radius 2 is 2.21 bits per heavy atom. The van der Waals surface area contributed by atoms with Crippen molar-refractivity contribution in [2.75, 3.05) is 24.7 Å². The molecule has 130 valence electrons. The van der Waals surface area contributed by atoms with Gasteiger partial charge in [-0.3, -0.25) is 5.32 Å². The van der Waals surface area contributed by atoms with Crippen molar-refractivity contribution in [3.63, 3.8) is 0 Å². The number of aromatic nitrogens is 3. The number of nitrogens with one attached hydrogen (secondary N) is 3. The van der Waals surface area contributed by atoms with Gasteiger partial charge in [-0.2, -0.15) is 0 Å². The predicted octanol–water partition coefficient (Wildman–Crippen LogP) is 0.893. The molecule has 1 atom stereocenters. The van der Waals surface area contributed by atoms with Crippen LogP contribution in [0, 0.1) is 0 Å². The van der Waals surface area contributed by atoms with Gasteiger partial charge in [-0.1, -0.05) is 0 Å². The van der Waals surface area contributed by atoms with E-state index in [0.29, 0.717) is 42.9 Å². The Bertz CT molecular complexity index is 834. The van der Waals surface area contributed by atoms with Crippen LogP contribution in [0.5, 0.6) is 0 Å². The summed E-state index contributed by atoms with van der Waals surface area (Å²) in [4.78, 5) is 23.5. The van der Waals surface area contributed by atoms with Crippen LogP contribution < -0.4 is 10.6 Å². The third kappa shape index (κ3) is 4.01. The van der Waals surface area contributed by atoms with E-state index in [1.54, 1.807) is 12.3 Å². The molecule has 0 saturated carbocycles. The van der Waals surface area contributed by atoms with Gasteiger partial charge in [-0.05, 0) is 25.3 Å². The molecule has 0 spiro atoms. The highest BCUT2D eigenvalue weighted by Crippen LogP contribution is 2.14. The van der Waals surface area contributed by atoms with Crippen molar-refractivity contribution in [3.8, 4) is 0 Å². The number of carbonyl (C=O) groups excluding carboxylic acids is 1. The van der Waals surface area contributed by atoms with Crippen LogP contribution in [-0.4, -0.2) is 59.1 Å². The lowest BCUT2D eigenvalue weighted by Crippen LogP contribution is -2.39. The number of anilines is 1. The predicted molar refractivity (Wildman–Crippen MR) is 90.1 cm³/mol. The first kappa shape index (κ1) is 16.7. The first-order valence-corrected chi connectivity index (χ1v) is 9.59. The molecule has 1 fully saturated rings. The number of amides is 2. The number of hydrogen-bond donors (Lipinski definition) is 3. The Kier molecular flexibility index (Phi) is 4.67. The van der Waals surface area contributed by atoms with Gasteiger partial charge in [0.1, 0.15) is 5.52 Å². The van der Waals surface area contributed by atoms with E-state index in [4.69, 9.17) is 0 Å². The van der Waals surface area contributed by atoms with Crippen molar-refractivity contribution in [3.05, 3.63) is 18.5 Å². The highest BCUT2D eigenvalue weighted by atomic mass is 32.2. The molecule has 2 amide bonds. The summed E-state index contributed by atoms with van der Waals surface area (Å²) in [5, 5.41) is 5.54. The Morgan fingerprint density at radius 3 is 3.00 bits per heavy atom. The summed E-state index contributed by atoms with van der Waals surface area (Å²) >= 11 is 0. The molecule has 1 unspecified atom stereocenters. The van der Waals surface area contributed by atoms with E-state index < -0.39 is 10.0 Å². The Balaban J connectivity index is 1.56. The molecule has 0 aromatic carbocycles. The number of fused-ring (bicyclic) bond motifs is 1. The summed E-state index contributed by atoms with van der Waals surface area (Å²) in [6.07, 6.45) is 6.46. The molecule has 2 aromatic rings. The number of rotatable bonds is 3. The lowest BCUT2D eigenvalue weighted by molar-refractivity contribution is 0.247. The van der Waals surface area contributed by atoms with Crippen molar-refractivity contribution >= 4 is 33.0 Å². The first-order valence-electron chi connectivity index (χ1n) is 7.74. The summed E-state index contributed by atoms with van der Waals surface area (Å²) in [7, 11) is -3.18. The second-order valence-corrected chi connectivity index (χ2v) is 7.84. The lowest BCUT2D eigenvalue weighted by atomic mass is 10.1. The number of sulfonamides is 1. The zero-order chi connectivity index (χ0) is 17.2. The van der Waals surface area contributed by atoms with E-state index >= 15 is 0 Å². The minimum absolute atomic E-state index is 0.0688. The topological polar surface area (TPSA) is 120 Å². The maximum Gasteiger partial charge on any atom is 0.320 e. The van der Waals surface area contributed by atoms with Gasteiger partial charge < -0.3 is 10.3 Å². The van der Waals surface area contributed by atoms with E-state index in [1.807, 2.05) is 0 Å². The van der Waals surface area contributed by atoms with Crippen LogP contribution in [0.25, 0.3) is 11.2 Å². The van der Waals surface area contributed by atoms with Crippen molar-refractivity contribution < 1.29 is 13.2 Å². The number of aromatic amines is 1. The Labute approximate surface area is 139 Å². The van der Waals surface area contributed by atoms with Crippen LogP contribution in [-0.2, 0) is 10.0 Å². The first-order chi connectivity index (χ1) is 11.4. The molecule has 3 rings (SSSR count). The van der Waals surface area contributed by atoms with Crippen LogP contribution >= 0.6 is 0 Å². The quantitative estimate of drug-likeness (QED) is 0.758. The monoisotopic (exact) mass is 352 g/mol. The standard InChI is InChI=1S/C14H20N6O3S/c1-24(22,23)20-7-2-3-10(5-8-20)17-14(21)19-12-9-16-13-11(18-12)4-6-15-13/h4,6,9-10H,2-3,5,7-8H2,1H3,(H,15,16)(H2,17,18,19,21). The summed E-state index contributed by atoms with van der Waals surface area (Å²) in [6, 6.07) is 1.34. The summed E-state index contributed by atoms with van der Waals surface area (Å²) < 4.78 is 24.7. The maximum absolute atomic E-state index is 12.1. The van der Waals surface area contributed by atoms with Gasteiger partial charge in [0.2, 0.25) is 10.0 Å². The van der Waals surface area contributed by atoms with E-state index in [0.717, 1.165) is 6.42 Å². The third-order valence-corrected chi connectivity index (χ3v) is 5.30. The summed E-state index contributed by atoms with van der Waals surface area (Å²) in [5.41, 5.74) is 1.33. The van der Waals surface area contributed by atoms with Crippen LogP contribution in [0.15, 0.2) is 18.5 Å². The molecule has 2 aromatic heterocycles. The third-order valence-electron chi connectivity index (χ3n) is 3.99.